The van der Waals surface area contributed by atoms with Gasteiger partial charge in [0.25, 0.3) is 0 Å². The number of aromatic amines is 4. The van der Waals surface area contributed by atoms with Crippen LogP contribution in [0.5, 0.6) is 0 Å². The van der Waals surface area contributed by atoms with E-state index in [0.29, 0.717) is 166 Å². The molecule has 12 aliphatic carbocycles. The molecule has 14 aromatic heterocycles. The highest BCUT2D eigenvalue weighted by molar-refractivity contribution is 7.22. The molecular weight excluding hydrogens is 1790 g/mol. The molecule has 8 N–H and O–H groups in total. The SMILES string of the molecule is CC1C2CCC(CC2)C1Nc1nc(-c2c[nH]c3ncc(F)cc23)nc(-c2cc3ccccc3s2)c1F.CC1C2CCC(CC2)C1Nc1nc(-c2c[nH]c3ncc(F)cc23)nc(-c2ccc(F)c(F)c2)c1F.CC1C2CCC(CC2)C1Nc1nc(-c2c[nH]c3ncc(F)cc23)nc(-c2ccoc2)c1F.[C-]#[N+]c1ccc(-c2nc(-c3c[nH]c4ncc(F)cc34)nc(NC3C4CCC(CC4)C3C)c2F)cc1. The third kappa shape index (κ3) is 16.9. The molecule has 0 aliphatic heterocycles. The van der Waals surface area contributed by atoms with Crippen LogP contribution in [-0.2, 0) is 0 Å². The molecule has 14 heterocycles. The Kier molecular flexibility index (Phi) is 23.8. The molecule has 0 spiro atoms. The van der Waals surface area contributed by atoms with E-state index in [9.17, 15) is 26.3 Å². The summed E-state index contributed by atoms with van der Waals surface area (Å²) < 4.78 is 153. The minimum Gasteiger partial charge on any atom is -0.472 e. The number of benzene rings is 3. The standard InChI is InChI=1S/C28H25F2N5S.C27H24F2N6.C26H23F4N5.C24H23F2N5O/c1-14-15-6-8-16(9-7-15)24(14)33-28-23(30)25(22-10-17-4-2-3-5-21(17)36-22)34-27(35-28)20-13-32-26-19(20)11-18(29)12-31-26;1-14-15-3-5-16(6-4-15)23(14)33-27-22(29)24(17-7-9-19(30-2)10-8-17)34-26(35-27)21-13-32-25-20(21)11-18(28)12-31-25;1-12-13-2-4-14(5-3-13)22(12)33-26-21(30)23(15-6-7-19(28)20(29)8-15)34-25(35-26)18-11-32-24-17(18)9-16(27)10-31-24;1-12-13-2-4-14(5-3-13)20(12)29-24-19(26)21(15-6-7-32-11-15)30-23(31-24)18-10-28-22-17(18)8-16(25)9-27-22/h2-5,10-16,24H,6-9H2,1H3,(H,31,32)(H,33,34,35);7-16,23H,3-6H2,1H3,(H,31,32)(H,33,34,35);6-14,22H,2-5H2,1H3,(H,31,32)(H,33,34,35);6-14,20H,2-5H2,1H3,(H,27,28)(H,29,30,31). The molecule has 138 heavy (non-hydrogen) atoms. The number of nitrogens with one attached hydrogen (secondary N) is 8. The average molecular weight is 1890 g/mol. The molecule has 3 aromatic carbocycles. The van der Waals surface area contributed by atoms with Crippen molar-refractivity contribution in [2.45, 2.75) is 155 Å². The predicted molar refractivity (Wildman–Crippen MR) is 512 cm³/mol. The molecule has 8 bridgehead atoms. The van der Waals surface area contributed by atoms with Crippen molar-refractivity contribution >= 4 is 94.5 Å². The van der Waals surface area contributed by atoms with Crippen LogP contribution in [0, 0.1) is 136 Å². The summed E-state index contributed by atoms with van der Waals surface area (Å²) in [5.41, 5.74) is 6.13. The Hall–Kier alpha value is -14.0. The van der Waals surface area contributed by atoms with E-state index in [1.807, 2.05) is 30.3 Å². The van der Waals surface area contributed by atoms with Gasteiger partial charge in [0.2, 0.25) is 0 Å². The second-order valence-corrected chi connectivity index (χ2v) is 39.6. The molecule has 17 aromatic rings. The number of H-pyrrole nitrogens is 4. The number of rotatable bonds is 16. The summed E-state index contributed by atoms with van der Waals surface area (Å²) in [7, 11) is 0. The maximum absolute atomic E-state index is 16.1. The monoisotopic (exact) mass is 1890 g/mol. The lowest BCUT2D eigenvalue weighted by Gasteiger charge is -2.47. The highest BCUT2D eigenvalue weighted by Gasteiger charge is 2.47. The number of thiophene rings is 1. The zero-order valence-electron chi connectivity index (χ0n) is 75.5. The first-order valence-electron chi connectivity index (χ1n) is 47.4. The van der Waals surface area contributed by atoms with Crippen molar-refractivity contribution in [1.29, 1.82) is 0 Å². The Morgan fingerprint density at radius 2 is 0.674 bits per heavy atom. The molecule has 0 amide bonds. The lowest BCUT2D eigenvalue weighted by Crippen LogP contribution is -2.47. The van der Waals surface area contributed by atoms with Gasteiger partial charge in [-0.25, -0.2) is 109 Å². The van der Waals surface area contributed by atoms with Crippen LogP contribution in [0.2, 0.25) is 0 Å². The average Bonchev–Trinajstić information content (AvgIpc) is 1.56. The highest BCUT2D eigenvalue weighted by Crippen LogP contribution is 2.53. The third-order valence-corrected chi connectivity index (χ3v) is 32.1. The number of pyridine rings is 4. The zero-order valence-corrected chi connectivity index (χ0v) is 76.4. The van der Waals surface area contributed by atoms with Crippen molar-refractivity contribution in [2.75, 3.05) is 21.3 Å². The largest absolute Gasteiger partial charge is 0.472 e. The molecular formula is C105H95F10N21OS. The Balaban J connectivity index is 0.000000106. The third-order valence-electron chi connectivity index (χ3n) is 31.0. The fourth-order valence-electron chi connectivity index (χ4n) is 23.5. The second kappa shape index (κ2) is 36.8. The number of furan rings is 1. The van der Waals surface area contributed by atoms with Crippen LogP contribution < -0.4 is 21.3 Å². The number of nitrogens with zero attached hydrogens (tertiary/aromatic N) is 13. The summed E-state index contributed by atoms with van der Waals surface area (Å²) in [6.45, 7) is 16.1. The van der Waals surface area contributed by atoms with Crippen LogP contribution in [0.3, 0.4) is 0 Å². The summed E-state index contributed by atoms with van der Waals surface area (Å²) in [5.74, 6) is 1.49. The fourth-order valence-corrected chi connectivity index (χ4v) is 24.6. The zero-order chi connectivity index (χ0) is 94.6. The fraction of sp³-hybridized carbons (Fsp3) is 0.343. The van der Waals surface area contributed by atoms with Gasteiger partial charge in [-0.2, -0.15) is 0 Å². The van der Waals surface area contributed by atoms with Crippen LogP contribution in [0.25, 0.3) is 149 Å². The van der Waals surface area contributed by atoms with E-state index >= 15 is 17.6 Å². The van der Waals surface area contributed by atoms with Crippen molar-refractivity contribution < 1.29 is 48.3 Å². The predicted octanol–water partition coefficient (Wildman–Crippen LogP) is 26.4. The number of hydrogen-bond donors (Lipinski definition) is 8. The van der Waals surface area contributed by atoms with E-state index in [1.165, 1.54) is 125 Å². The minimum absolute atomic E-state index is 0.00199. The van der Waals surface area contributed by atoms with Gasteiger partial charge in [-0.05, 0) is 240 Å². The Morgan fingerprint density at radius 3 is 1.01 bits per heavy atom. The van der Waals surface area contributed by atoms with Gasteiger partial charge in [-0.1, -0.05) is 70.2 Å². The quantitative estimate of drug-likeness (QED) is 0.0330. The van der Waals surface area contributed by atoms with Crippen LogP contribution in [0.1, 0.15) is 130 Å². The molecule has 12 saturated carbocycles. The van der Waals surface area contributed by atoms with E-state index in [-0.39, 0.29) is 87.4 Å². The maximum atomic E-state index is 16.1. The van der Waals surface area contributed by atoms with E-state index in [2.05, 4.69) is 129 Å². The van der Waals surface area contributed by atoms with E-state index in [4.69, 9.17) is 16.0 Å². The first kappa shape index (κ1) is 89.2. The van der Waals surface area contributed by atoms with Crippen LogP contribution in [0.4, 0.5) is 72.9 Å². The Labute approximate surface area is 789 Å². The van der Waals surface area contributed by atoms with Crippen LogP contribution >= 0.6 is 11.3 Å². The Bertz CT molecular complexity index is 7470. The van der Waals surface area contributed by atoms with Crippen molar-refractivity contribution in [2.24, 2.45) is 71.0 Å². The van der Waals surface area contributed by atoms with Crippen molar-refractivity contribution in [3.8, 4) is 89.9 Å². The number of anilines is 4. The number of hydrogen-bond acceptors (Lipinski definition) is 18. The molecule has 33 heteroatoms. The second-order valence-electron chi connectivity index (χ2n) is 38.5. The van der Waals surface area contributed by atoms with E-state index in [0.717, 1.165) is 84.2 Å². The van der Waals surface area contributed by atoms with Gasteiger partial charge in [0.05, 0.1) is 48.8 Å². The van der Waals surface area contributed by atoms with Gasteiger partial charge in [-0.3, -0.25) is 0 Å². The lowest BCUT2D eigenvalue weighted by atomic mass is 9.62. The van der Waals surface area contributed by atoms with Gasteiger partial charge < -0.3 is 45.6 Å². The van der Waals surface area contributed by atoms with Crippen LogP contribution in [0.15, 0.2) is 170 Å². The van der Waals surface area contributed by atoms with E-state index < -0.39 is 58.2 Å². The van der Waals surface area contributed by atoms with Crippen LogP contribution in [-0.4, -0.2) is 104 Å². The number of fused-ring (bicyclic) bond motifs is 17. The first-order chi connectivity index (χ1) is 67.0. The van der Waals surface area contributed by atoms with Gasteiger partial charge in [0.15, 0.2) is 87.2 Å². The minimum atomic E-state index is -1.10. The first-order valence-corrected chi connectivity index (χ1v) is 48.2. The molecule has 29 rings (SSSR count). The maximum Gasteiger partial charge on any atom is 0.192 e. The topological polar surface area (TPSA) is 283 Å². The van der Waals surface area contributed by atoms with Gasteiger partial charge in [0, 0.05) is 114 Å². The molecule has 8 unspecified atom stereocenters. The van der Waals surface area contributed by atoms with Gasteiger partial charge in [0.1, 0.15) is 68.6 Å². The van der Waals surface area contributed by atoms with Crippen molar-refractivity contribution in [3.05, 3.63) is 235 Å². The van der Waals surface area contributed by atoms with Gasteiger partial charge in [-0.15, -0.1) is 11.3 Å². The lowest BCUT2D eigenvalue weighted by molar-refractivity contribution is 0.0926. The van der Waals surface area contributed by atoms with Gasteiger partial charge >= 0.3 is 0 Å². The molecule has 12 aliphatic rings. The summed E-state index contributed by atoms with van der Waals surface area (Å²) >= 11 is 1.51. The summed E-state index contributed by atoms with van der Waals surface area (Å²) in [6.07, 6.45) is 33.1. The molecule has 12 fully saturated rings. The molecule has 0 saturated heterocycles. The smallest absolute Gasteiger partial charge is 0.192 e. The summed E-state index contributed by atoms with van der Waals surface area (Å²) in [4.78, 5) is 69.1. The number of halogens is 10. The van der Waals surface area contributed by atoms with E-state index in [1.54, 1.807) is 55.1 Å². The van der Waals surface area contributed by atoms with Crippen molar-refractivity contribution in [3.63, 3.8) is 0 Å². The number of aromatic nitrogens is 16. The molecule has 8 atom stereocenters. The molecule has 702 valence electrons. The summed E-state index contributed by atoms with van der Waals surface area (Å²) in [6, 6.07) is 27.4. The molecule has 0 radical (unpaired) electrons. The normalized spacial score (nSPS) is 23.8. The molecule has 22 nitrogen and oxygen atoms in total. The summed E-state index contributed by atoms with van der Waals surface area (Å²) in [5, 5.41) is 16.9. The highest BCUT2D eigenvalue weighted by atomic mass is 32.1. The Morgan fingerprint density at radius 1 is 0.348 bits per heavy atom. The van der Waals surface area contributed by atoms with Crippen molar-refractivity contribution in [1.82, 2.24) is 79.7 Å².